The van der Waals surface area contributed by atoms with Crippen molar-refractivity contribution in [2.75, 3.05) is 38.2 Å². The van der Waals surface area contributed by atoms with Crippen molar-refractivity contribution in [3.05, 3.63) is 106 Å². The number of aliphatic hydroxyl groups is 1. The Morgan fingerprint density at radius 2 is 1.67 bits per heavy atom. The maximum Gasteiger partial charge on any atom is 0.350 e. The van der Waals surface area contributed by atoms with Gasteiger partial charge in [0.1, 0.15) is 18.1 Å². The van der Waals surface area contributed by atoms with E-state index < -0.39 is 6.04 Å². The molecular weight excluding hydrogens is 532 g/mol. The molecule has 1 aliphatic heterocycles. The van der Waals surface area contributed by atoms with Gasteiger partial charge in [-0.2, -0.15) is 5.10 Å². The second-order valence-corrected chi connectivity index (χ2v) is 10.7. The lowest BCUT2D eigenvalue weighted by Crippen LogP contribution is -2.51. The first kappa shape index (κ1) is 29.1. The number of aliphatic hydroxyl groups excluding tert-OH is 1. The average molecular weight is 571 g/mol. The molecule has 2 N–H and O–H groups in total. The molecule has 3 aromatic carbocycles. The fraction of sp³-hybridized carbons (Fsp3) is 0.344. The monoisotopic (exact) mass is 570 g/mol. The van der Waals surface area contributed by atoms with Gasteiger partial charge >= 0.3 is 5.69 Å². The van der Waals surface area contributed by atoms with Crippen molar-refractivity contribution in [1.29, 1.82) is 0 Å². The van der Waals surface area contributed by atoms with Crippen molar-refractivity contribution in [3.63, 3.8) is 0 Å². The van der Waals surface area contributed by atoms with Crippen molar-refractivity contribution < 1.29 is 14.6 Å². The minimum absolute atomic E-state index is 0.00245. The second-order valence-electron chi connectivity index (χ2n) is 10.7. The van der Waals surface area contributed by atoms with E-state index in [1.54, 1.807) is 24.1 Å². The molecule has 2 heterocycles. The number of anilines is 1. The van der Waals surface area contributed by atoms with Gasteiger partial charge in [0.05, 0.1) is 25.4 Å². The van der Waals surface area contributed by atoms with E-state index in [0.29, 0.717) is 25.4 Å². The first-order valence-corrected chi connectivity index (χ1v) is 14.2. The van der Waals surface area contributed by atoms with E-state index >= 15 is 0 Å². The minimum atomic E-state index is -0.428. The number of methoxy groups -OCH3 is 1. The van der Waals surface area contributed by atoms with Crippen LogP contribution in [0.25, 0.3) is 5.69 Å². The van der Waals surface area contributed by atoms with E-state index in [2.05, 4.69) is 20.2 Å². The lowest BCUT2D eigenvalue weighted by atomic mass is 10.0. The van der Waals surface area contributed by atoms with E-state index in [9.17, 15) is 14.7 Å². The molecule has 0 radical (unpaired) electrons. The Bertz CT molecular complexity index is 1540. The van der Waals surface area contributed by atoms with E-state index in [4.69, 9.17) is 4.74 Å². The third-order valence-electron chi connectivity index (χ3n) is 7.71. The molecule has 0 aliphatic carbocycles. The summed E-state index contributed by atoms with van der Waals surface area (Å²) in [5.41, 5.74) is 4.24. The fourth-order valence-corrected chi connectivity index (χ4v) is 5.39. The molecule has 10 nitrogen and oxygen atoms in total. The number of carbonyl (C=O) groups excluding carboxylic acids is 1. The summed E-state index contributed by atoms with van der Waals surface area (Å²) in [5.74, 6) is 0.566. The fourth-order valence-electron chi connectivity index (χ4n) is 5.39. The maximum absolute atomic E-state index is 13.7. The Hall–Kier alpha value is -4.41. The molecule has 1 amide bonds. The van der Waals surface area contributed by atoms with Crippen molar-refractivity contribution in [2.24, 2.45) is 0 Å². The smallest absolute Gasteiger partial charge is 0.350 e. The Balaban J connectivity index is 1.26. The summed E-state index contributed by atoms with van der Waals surface area (Å²) in [7, 11) is 1.59. The molecule has 1 aromatic heterocycles. The number of aromatic nitrogens is 3. The van der Waals surface area contributed by atoms with Gasteiger partial charge in [-0.05, 0) is 55.3 Å². The molecule has 0 spiro atoms. The summed E-state index contributed by atoms with van der Waals surface area (Å²) in [6.07, 6.45) is 1.56. The van der Waals surface area contributed by atoms with Crippen LogP contribution in [0.5, 0.6) is 5.75 Å². The van der Waals surface area contributed by atoms with Crippen LogP contribution in [0.3, 0.4) is 0 Å². The van der Waals surface area contributed by atoms with Gasteiger partial charge in [0.15, 0.2) is 0 Å². The van der Waals surface area contributed by atoms with Crippen LogP contribution >= 0.6 is 0 Å². The zero-order valence-corrected chi connectivity index (χ0v) is 24.3. The summed E-state index contributed by atoms with van der Waals surface area (Å²) in [6.45, 7) is 7.06. The number of hydrogen-bond donors (Lipinski definition) is 2. The largest absolute Gasteiger partial charge is 0.496 e. The van der Waals surface area contributed by atoms with E-state index in [1.165, 1.54) is 4.68 Å². The van der Waals surface area contributed by atoms with Gasteiger partial charge in [-0.15, -0.1) is 0 Å². The number of amides is 1. The van der Waals surface area contributed by atoms with E-state index in [-0.39, 0.29) is 24.2 Å². The Labute approximate surface area is 245 Å². The summed E-state index contributed by atoms with van der Waals surface area (Å²) in [5, 5.41) is 16.8. The van der Waals surface area contributed by atoms with Gasteiger partial charge in [0.2, 0.25) is 5.91 Å². The number of ether oxygens (including phenoxy) is 1. The van der Waals surface area contributed by atoms with Crippen LogP contribution < -0.4 is 20.6 Å². The molecular formula is C32H38N6O4. The topological polar surface area (TPSA) is 105 Å². The van der Waals surface area contributed by atoms with Crippen LogP contribution in [0.15, 0.2) is 83.9 Å². The molecule has 1 saturated heterocycles. The van der Waals surface area contributed by atoms with Crippen LogP contribution in [0.2, 0.25) is 0 Å². The number of piperazine rings is 1. The number of hydrogen-bond acceptors (Lipinski definition) is 7. The van der Waals surface area contributed by atoms with E-state index in [0.717, 1.165) is 41.2 Å². The zero-order chi connectivity index (χ0) is 29.6. The van der Waals surface area contributed by atoms with Gasteiger partial charge in [-0.1, -0.05) is 42.5 Å². The summed E-state index contributed by atoms with van der Waals surface area (Å²) in [6, 6.07) is 22.9. The zero-order valence-electron chi connectivity index (χ0n) is 24.3. The quantitative estimate of drug-likeness (QED) is 0.302. The van der Waals surface area contributed by atoms with E-state index in [1.807, 2.05) is 80.6 Å². The Kier molecular flexibility index (Phi) is 9.04. The first-order chi connectivity index (χ1) is 20.4. The van der Waals surface area contributed by atoms with Crippen molar-refractivity contribution >= 4 is 11.6 Å². The third-order valence-corrected chi connectivity index (χ3v) is 7.71. The molecule has 5 rings (SSSR count). The number of rotatable bonds is 10. The third kappa shape index (κ3) is 6.24. The predicted molar refractivity (Wildman–Crippen MR) is 162 cm³/mol. The van der Waals surface area contributed by atoms with Gasteiger partial charge in [0, 0.05) is 44.0 Å². The normalized spacial score (nSPS) is 14.6. The SMILES string of the molecule is COc1cc(CO)ccc1CNC(=O)C(c1ccccc1)N1CCN(c2ccc(-n3cnn(C(C)C)c3=O)cc2)CC1. The highest BCUT2D eigenvalue weighted by atomic mass is 16.5. The molecule has 42 heavy (non-hydrogen) atoms. The standard InChI is InChI=1S/C32H38N6O4/c1-23(2)38-32(41)37(22-34-38)28-13-11-27(12-14-28)35-15-17-36(18-16-35)30(25-7-5-4-6-8-25)31(40)33-20-26-10-9-24(21-39)19-29(26)42-3/h4-14,19,22-23,30,39H,15-18,20-21H2,1-3H3,(H,33,40). The van der Waals surface area contributed by atoms with Gasteiger partial charge in [-0.3, -0.25) is 9.69 Å². The van der Waals surface area contributed by atoms with Gasteiger partial charge in [-0.25, -0.2) is 14.0 Å². The van der Waals surface area contributed by atoms with Gasteiger partial charge in [0.25, 0.3) is 0 Å². The number of nitrogens with one attached hydrogen (secondary N) is 1. The highest BCUT2D eigenvalue weighted by molar-refractivity contribution is 5.83. The second kappa shape index (κ2) is 13.1. The summed E-state index contributed by atoms with van der Waals surface area (Å²) >= 11 is 0. The molecule has 220 valence electrons. The van der Waals surface area contributed by atoms with Crippen molar-refractivity contribution in [2.45, 2.75) is 39.1 Å². The lowest BCUT2D eigenvalue weighted by Gasteiger charge is -2.39. The van der Waals surface area contributed by atoms with Crippen LogP contribution in [0, 0.1) is 0 Å². The molecule has 1 aliphatic rings. The highest BCUT2D eigenvalue weighted by Crippen LogP contribution is 2.26. The molecule has 0 bridgehead atoms. The lowest BCUT2D eigenvalue weighted by molar-refractivity contribution is -0.127. The van der Waals surface area contributed by atoms with Crippen LogP contribution in [-0.2, 0) is 17.9 Å². The Morgan fingerprint density at radius 3 is 2.29 bits per heavy atom. The summed E-state index contributed by atoms with van der Waals surface area (Å²) in [4.78, 5) is 30.8. The summed E-state index contributed by atoms with van der Waals surface area (Å²) < 4.78 is 8.51. The first-order valence-electron chi connectivity index (χ1n) is 14.2. The van der Waals surface area contributed by atoms with Crippen LogP contribution in [-0.4, -0.2) is 63.6 Å². The molecule has 1 fully saturated rings. The van der Waals surface area contributed by atoms with Crippen LogP contribution in [0.4, 0.5) is 5.69 Å². The van der Waals surface area contributed by atoms with Crippen molar-refractivity contribution in [1.82, 2.24) is 24.6 Å². The number of carbonyl (C=O) groups is 1. The highest BCUT2D eigenvalue weighted by Gasteiger charge is 2.30. The Morgan fingerprint density at radius 1 is 0.976 bits per heavy atom. The number of nitrogens with zero attached hydrogens (tertiary/aromatic N) is 5. The van der Waals surface area contributed by atoms with Crippen molar-refractivity contribution in [3.8, 4) is 11.4 Å². The minimum Gasteiger partial charge on any atom is -0.496 e. The maximum atomic E-state index is 13.7. The van der Waals surface area contributed by atoms with Crippen LogP contribution in [0.1, 0.15) is 42.6 Å². The molecule has 0 saturated carbocycles. The molecule has 4 aromatic rings. The average Bonchev–Trinajstić information content (AvgIpc) is 3.42. The number of benzene rings is 3. The predicted octanol–water partition coefficient (Wildman–Crippen LogP) is 3.30. The van der Waals surface area contributed by atoms with Gasteiger partial charge < -0.3 is 20.1 Å². The molecule has 1 atom stereocenters. The molecule has 1 unspecified atom stereocenters. The molecule has 10 heteroatoms.